The molecule has 12 nitrogen and oxygen atoms in total. The van der Waals surface area contributed by atoms with E-state index in [9.17, 15) is 19.2 Å². The molecular weight excluding hydrogens is 709 g/mol. The van der Waals surface area contributed by atoms with E-state index in [0.29, 0.717) is 67.5 Å². The molecule has 1 aromatic heterocycles. The van der Waals surface area contributed by atoms with E-state index in [4.69, 9.17) is 14.5 Å². The molecule has 56 heavy (non-hydrogen) atoms. The molecule has 12 heteroatoms. The number of nitrogens with zero attached hydrogens (tertiary/aromatic N) is 4. The third-order valence-corrected chi connectivity index (χ3v) is 9.71. The number of piperazine rings is 1. The normalized spacial score (nSPS) is 13.7. The van der Waals surface area contributed by atoms with E-state index < -0.39 is 11.7 Å². The van der Waals surface area contributed by atoms with Crippen LogP contribution in [0.5, 0.6) is 0 Å². The number of anilines is 1. The third-order valence-electron chi connectivity index (χ3n) is 9.71. The van der Waals surface area contributed by atoms with E-state index >= 15 is 0 Å². The number of aromatic nitrogens is 2. The van der Waals surface area contributed by atoms with Gasteiger partial charge in [-0.05, 0) is 80.1 Å². The molecule has 3 aromatic carbocycles. The van der Waals surface area contributed by atoms with Crippen LogP contribution in [0.4, 0.5) is 10.5 Å². The maximum absolute atomic E-state index is 13.4. The van der Waals surface area contributed by atoms with Crippen molar-refractivity contribution in [2.75, 3.05) is 57.8 Å². The smallest absolute Gasteiger partial charge is 0.407 e. The highest BCUT2D eigenvalue weighted by molar-refractivity contribution is 6.05. The summed E-state index contributed by atoms with van der Waals surface area (Å²) >= 11 is 0. The lowest BCUT2D eigenvalue weighted by atomic mass is 9.86. The molecular formula is C44H56N6O6. The lowest BCUT2D eigenvalue weighted by Gasteiger charge is -2.34. The zero-order valence-electron chi connectivity index (χ0n) is 34.0. The Kier molecular flexibility index (Phi) is 13.5. The molecule has 3 amide bonds. The van der Waals surface area contributed by atoms with Crippen molar-refractivity contribution in [1.82, 2.24) is 24.7 Å². The predicted molar refractivity (Wildman–Crippen MR) is 219 cm³/mol. The minimum Gasteiger partial charge on any atom is -0.444 e. The number of benzene rings is 3. The Morgan fingerprint density at radius 2 is 1.50 bits per heavy atom. The monoisotopic (exact) mass is 764 g/mol. The molecule has 1 fully saturated rings. The Balaban J connectivity index is 1.14. The van der Waals surface area contributed by atoms with Gasteiger partial charge in [0.1, 0.15) is 11.3 Å². The molecule has 0 radical (unpaired) electrons. The van der Waals surface area contributed by atoms with Gasteiger partial charge in [0, 0.05) is 81.3 Å². The van der Waals surface area contributed by atoms with Crippen LogP contribution >= 0.6 is 0 Å². The Bertz CT molecular complexity index is 2050. The molecule has 0 aliphatic carbocycles. The van der Waals surface area contributed by atoms with Crippen LogP contribution in [-0.2, 0) is 28.4 Å². The zero-order chi connectivity index (χ0) is 40.6. The van der Waals surface area contributed by atoms with Gasteiger partial charge in [0.05, 0.1) is 18.9 Å². The first kappa shape index (κ1) is 41.8. The summed E-state index contributed by atoms with van der Waals surface area (Å²) in [6.45, 7) is 18.6. The van der Waals surface area contributed by atoms with Crippen molar-refractivity contribution < 1.29 is 23.9 Å². The van der Waals surface area contributed by atoms with Gasteiger partial charge in [-0.25, -0.2) is 9.78 Å². The van der Waals surface area contributed by atoms with Crippen LogP contribution in [0.15, 0.2) is 77.7 Å². The molecule has 0 bridgehead atoms. The molecule has 1 saturated heterocycles. The van der Waals surface area contributed by atoms with Crippen molar-refractivity contribution in [2.45, 2.75) is 65.9 Å². The van der Waals surface area contributed by atoms with E-state index in [1.165, 1.54) is 4.57 Å². The van der Waals surface area contributed by atoms with Gasteiger partial charge in [-0.2, -0.15) is 0 Å². The van der Waals surface area contributed by atoms with Crippen LogP contribution in [0.25, 0.3) is 11.3 Å². The van der Waals surface area contributed by atoms with Crippen molar-refractivity contribution in [3.05, 3.63) is 117 Å². The Labute approximate surface area is 330 Å². The topological polar surface area (TPSA) is 135 Å². The first-order chi connectivity index (χ1) is 26.5. The van der Waals surface area contributed by atoms with Crippen molar-refractivity contribution >= 4 is 23.6 Å². The highest BCUT2D eigenvalue weighted by Gasteiger charge is 2.23. The fourth-order valence-corrected chi connectivity index (χ4v) is 6.43. The molecule has 0 spiro atoms. The van der Waals surface area contributed by atoms with Gasteiger partial charge in [0.25, 0.3) is 17.4 Å². The minimum atomic E-state index is -0.537. The maximum Gasteiger partial charge on any atom is 0.407 e. The van der Waals surface area contributed by atoms with E-state index in [2.05, 4.69) is 36.3 Å². The number of amides is 3. The molecule has 2 heterocycles. The first-order valence-electron chi connectivity index (χ1n) is 19.2. The third kappa shape index (κ3) is 11.4. The molecule has 298 valence electrons. The molecule has 1 aliphatic heterocycles. The summed E-state index contributed by atoms with van der Waals surface area (Å²) in [4.78, 5) is 60.4. The number of ether oxygens (including phenoxy) is 2. The molecule has 0 atom stereocenters. The van der Waals surface area contributed by atoms with Crippen LogP contribution < -0.4 is 16.2 Å². The number of nitrogens with one attached hydrogen (secondary N) is 2. The Morgan fingerprint density at radius 3 is 2.14 bits per heavy atom. The Hall–Kier alpha value is -5.33. The van der Waals surface area contributed by atoms with Crippen molar-refractivity contribution in [2.24, 2.45) is 7.05 Å². The van der Waals surface area contributed by atoms with Gasteiger partial charge in [0.2, 0.25) is 0 Å². The summed E-state index contributed by atoms with van der Waals surface area (Å²) in [5, 5.41) is 5.73. The number of alkyl carbamates (subject to hydrolysis) is 1. The highest BCUT2D eigenvalue weighted by atomic mass is 16.6. The zero-order valence-corrected chi connectivity index (χ0v) is 34.0. The first-order valence-corrected chi connectivity index (χ1v) is 19.2. The van der Waals surface area contributed by atoms with Crippen molar-refractivity contribution in [3.63, 3.8) is 0 Å². The van der Waals surface area contributed by atoms with Crippen LogP contribution in [0, 0.1) is 6.92 Å². The number of rotatable bonds is 12. The number of hydrogen-bond acceptors (Lipinski definition) is 8. The van der Waals surface area contributed by atoms with Gasteiger partial charge >= 0.3 is 6.09 Å². The molecule has 0 saturated carbocycles. The van der Waals surface area contributed by atoms with Gasteiger partial charge < -0.3 is 29.6 Å². The molecule has 4 aromatic rings. The van der Waals surface area contributed by atoms with Crippen molar-refractivity contribution in [3.8, 4) is 11.3 Å². The summed E-state index contributed by atoms with van der Waals surface area (Å²) < 4.78 is 12.4. The van der Waals surface area contributed by atoms with Gasteiger partial charge in [0.15, 0.2) is 0 Å². The summed E-state index contributed by atoms with van der Waals surface area (Å²) in [5.41, 5.74) is 5.77. The van der Waals surface area contributed by atoms with Gasteiger partial charge in [-0.1, -0.05) is 57.2 Å². The number of aryl methyl sites for hydroxylation is 1. The summed E-state index contributed by atoms with van der Waals surface area (Å²) in [7, 11) is 1.71. The van der Waals surface area contributed by atoms with Crippen LogP contribution in [-0.4, -0.2) is 95.3 Å². The summed E-state index contributed by atoms with van der Waals surface area (Å²) in [5.74, 6) is -0.227. The van der Waals surface area contributed by atoms with E-state index in [1.54, 1.807) is 13.2 Å². The molecule has 0 unspecified atom stereocenters. The average Bonchev–Trinajstić information content (AvgIpc) is 3.15. The van der Waals surface area contributed by atoms with Gasteiger partial charge in [-0.3, -0.25) is 19.3 Å². The minimum absolute atomic E-state index is 0.00729. The lowest BCUT2D eigenvalue weighted by molar-refractivity contribution is 0.0459. The predicted octanol–water partition coefficient (Wildman–Crippen LogP) is 6.20. The van der Waals surface area contributed by atoms with E-state index in [-0.39, 0.29) is 22.8 Å². The van der Waals surface area contributed by atoms with Crippen molar-refractivity contribution in [1.29, 1.82) is 0 Å². The molecule has 1 aliphatic rings. The lowest BCUT2D eigenvalue weighted by Crippen LogP contribution is -2.49. The summed E-state index contributed by atoms with van der Waals surface area (Å²) in [6, 6.07) is 20.7. The maximum atomic E-state index is 13.4. The largest absolute Gasteiger partial charge is 0.444 e. The summed E-state index contributed by atoms with van der Waals surface area (Å²) in [6.07, 6.45) is 1.56. The highest BCUT2D eigenvalue weighted by Crippen LogP contribution is 2.28. The fourth-order valence-electron chi connectivity index (χ4n) is 6.43. The van der Waals surface area contributed by atoms with E-state index in [1.807, 2.05) is 99.3 Å². The van der Waals surface area contributed by atoms with Crippen LogP contribution in [0.2, 0.25) is 0 Å². The SMILES string of the molecule is Cc1c(NC(=O)c2ccc(C(C)(C)C)cc2)cccc1-c1cn(C)c(=O)c(Cc2ccc(C(=O)N3CCN(CCOCCNC(=O)OC(C)(C)C)CC3)cc2)n1. The number of hydrogen-bond donors (Lipinski definition) is 2. The quantitative estimate of drug-likeness (QED) is 0.163. The van der Waals surface area contributed by atoms with Crippen LogP contribution in [0.1, 0.15) is 84.6 Å². The fraction of sp³-hybridized carbons (Fsp3) is 0.432. The van der Waals surface area contributed by atoms with E-state index in [0.717, 1.165) is 41.9 Å². The number of carbonyl (C=O) groups is 3. The van der Waals surface area contributed by atoms with Gasteiger partial charge in [-0.15, -0.1) is 0 Å². The second-order valence-electron chi connectivity index (χ2n) is 16.3. The number of carbonyl (C=O) groups excluding carboxylic acids is 3. The molecule has 5 rings (SSSR count). The second-order valence-corrected chi connectivity index (χ2v) is 16.3. The van der Waals surface area contributed by atoms with Crippen LogP contribution in [0.3, 0.4) is 0 Å². The molecule has 2 N–H and O–H groups in total. The second kappa shape index (κ2) is 18.1. The average molecular weight is 765 g/mol. The Morgan fingerprint density at radius 1 is 0.839 bits per heavy atom. The standard InChI is InChI=1S/C44H56N6O6/c1-30-35(10-9-11-36(30)47-39(51)32-16-18-34(19-17-32)43(2,3)4)38-29-48(8)41(53)37(46-38)28-31-12-14-33(15-13-31)40(52)50-23-21-49(22-24-50)25-27-55-26-20-45-42(54)56-44(5,6)7/h9-19,29H,20-28H2,1-8H3,(H,45,54)(H,47,51).